The second kappa shape index (κ2) is 10.2. The maximum Gasteiger partial charge on any atom is 0.182 e. The van der Waals surface area contributed by atoms with Crippen molar-refractivity contribution in [2.45, 2.75) is 58.5 Å². The Hall–Kier alpha value is -1.68. The first kappa shape index (κ1) is 22.3. The molecule has 0 bridgehead atoms. The molecule has 0 unspecified atom stereocenters. The Labute approximate surface area is 148 Å². The van der Waals surface area contributed by atoms with E-state index in [0.29, 0.717) is 0 Å². The fraction of sp³-hybridized carbons (Fsp3) is 0.529. The van der Waals surface area contributed by atoms with Crippen LogP contribution in [0.25, 0.3) is 0 Å². The van der Waals surface area contributed by atoms with Gasteiger partial charge in [-0.05, 0) is 12.1 Å². The first-order chi connectivity index (χ1) is 11.0. The fourth-order valence-electron chi connectivity index (χ4n) is 1.76. The molecule has 1 heterocycles. The monoisotopic (exact) mass is 347 g/mol. The number of hydrogen-bond acceptors (Lipinski definition) is 3. The second-order valence-corrected chi connectivity index (χ2v) is 7.28. The number of benzene rings is 1. The zero-order chi connectivity index (χ0) is 18.8. The molecule has 7 heteroatoms. The van der Waals surface area contributed by atoms with Crippen LogP contribution in [0.1, 0.15) is 53.0 Å². The number of hydroxylamine groups is 2. The van der Waals surface area contributed by atoms with Crippen LogP contribution in [0, 0.1) is 15.6 Å². The summed E-state index contributed by atoms with van der Waals surface area (Å²) in [5.41, 5.74) is 0.447. The van der Waals surface area contributed by atoms with E-state index in [9.17, 15) is 10.4 Å². The largest absolute Gasteiger partial charge is 0.624 e. The highest BCUT2D eigenvalue weighted by atomic mass is 31.1. The molecule has 24 heavy (non-hydrogen) atoms. The summed E-state index contributed by atoms with van der Waals surface area (Å²) in [5.74, 6) is 0. The van der Waals surface area contributed by atoms with Gasteiger partial charge in [0.15, 0.2) is 31.1 Å². The summed E-state index contributed by atoms with van der Waals surface area (Å²) < 4.78 is 2.02. The van der Waals surface area contributed by atoms with Gasteiger partial charge in [0.1, 0.15) is 0 Å². The summed E-state index contributed by atoms with van der Waals surface area (Å²) in [5, 5.41) is 28.2. The lowest BCUT2D eigenvalue weighted by atomic mass is 10.0. The fourth-order valence-corrected chi connectivity index (χ4v) is 1.76. The third-order valence-corrected chi connectivity index (χ3v) is 3.37. The van der Waals surface area contributed by atoms with Crippen molar-refractivity contribution in [3.05, 3.63) is 46.3 Å². The van der Waals surface area contributed by atoms with Crippen LogP contribution in [0.4, 0.5) is 0 Å². The molecule has 130 valence electrons. The molecule has 2 radical (unpaired) electrons. The normalized spacial score (nSPS) is 16.4. The Balaban J connectivity index is 0.000000409. The molecule has 5 nitrogen and oxygen atoms in total. The van der Waals surface area contributed by atoms with Crippen molar-refractivity contribution in [2.75, 3.05) is 0 Å². The summed E-state index contributed by atoms with van der Waals surface area (Å²) >= 11 is 0. The van der Waals surface area contributed by atoms with E-state index in [4.69, 9.17) is 5.16 Å². The van der Waals surface area contributed by atoms with Crippen LogP contribution in [0.15, 0.2) is 30.3 Å². The van der Waals surface area contributed by atoms with Gasteiger partial charge in [0.05, 0.1) is 0 Å². The molecule has 0 saturated carbocycles. The third kappa shape index (κ3) is 8.83. The van der Waals surface area contributed by atoms with Gasteiger partial charge in [0.25, 0.3) is 0 Å². The van der Waals surface area contributed by atoms with Crippen molar-refractivity contribution >= 4 is 28.2 Å². The zero-order valence-corrected chi connectivity index (χ0v) is 16.1. The smallest absolute Gasteiger partial charge is 0.182 e. The molecule has 1 aliphatic rings. The second-order valence-electron chi connectivity index (χ2n) is 7.02. The maximum absolute atomic E-state index is 11.5. The van der Waals surface area contributed by atoms with Crippen LogP contribution in [0.2, 0.25) is 0 Å². The van der Waals surface area contributed by atoms with Crippen molar-refractivity contribution < 1.29 is 9.48 Å². The van der Waals surface area contributed by atoms with E-state index < -0.39 is 0 Å². The highest BCUT2D eigenvalue weighted by Gasteiger charge is 2.29. The SMILES string of the molecule is CC(C)(C)/[N+]([O-])=C/c1ccccc1.CC1(C)CCC=[N+]1[O-].[B]P=N. The predicted octanol–water partition coefficient (Wildman–Crippen LogP) is 4.33. The Morgan fingerprint density at radius 1 is 1.29 bits per heavy atom. The number of hydrogen-bond donors (Lipinski definition) is 1. The van der Waals surface area contributed by atoms with Crippen LogP contribution in [0.3, 0.4) is 0 Å². The van der Waals surface area contributed by atoms with Gasteiger partial charge in [-0.3, -0.25) is 5.16 Å². The summed E-state index contributed by atoms with van der Waals surface area (Å²) in [7, 11) is 4.65. The van der Waals surface area contributed by atoms with Crippen LogP contribution in [-0.2, 0) is 0 Å². The van der Waals surface area contributed by atoms with E-state index in [-0.39, 0.29) is 19.3 Å². The van der Waals surface area contributed by atoms with E-state index in [1.807, 2.05) is 65.0 Å². The van der Waals surface area contributed by atoms with Crippen LogP contribution >= 0.6 is 8.25 Å². The van der Waals surface area contributed by atoms with Crippen molar-refractivity contribution in [2.24, 2.45) is 0 Å². The molecular weight excluding hydrogens is 320 g/mol. The maximum atomic E-state index is 11.5. The lowest BCUT2D eigenvalue weighted by molar-refractivity contribution is -0.530. The first-order valence-electron chi connectivity index (χ1n) is 7.77. The van der Waals surface area contributed by atoms with E-state index in [1.165, 1.54) is 0 Å². The van der Waals surface area contributed by atoms with E-state index in [0.717, 1.165) is 27.9 Å². The molecule has 0 amide bonds. The quantitative estimate of drug-likeness (QED) is 0.205. The summed E-state index contributed by atoms with van der Waals surface area (Å²) in [6, 6.07) is 9.60. The minimum Gasteiger partial charge on any atom is -0.624 e. The Kier molecular flexibility index (Phi) is 9.53. The summed E-state index contributed by atoms with van der Waals surface area (Å²) in [6.07, 6.45) is 5.26. The van der Waals surface area contributed by atoms with E-state index in [1.54, 1.807) is 12.4 Å². The minimum absolute atomic E-state index is 0.125. The van der Waals surface area contributed by atoms with Crippen LogP contribution in [-0.4, -0.2) is 40.6 Å². The number of nitrogens with one attached hydrogen (secondary N) is 1. The Bertz CT molecular complexity index is 567. The molecule has 1 aliphatic heterocycles. The van der Waals surface area contributed by atoms with Gasteiger partial charge in [0.2, 0.25) is 0 Å². The van der Waals surface area contributed by atoms with Crippen molar-refractivity contribution in [3.8, 4) is 0 Å². The van der Waals surface area contributed by atoms with E-state index in [2.05, 4.69) is 7.57 Å². The van der Waals surface area contributed by atoms with Gasteiger partial charge < -0.3 is 10.4 Å². The standard InChI is InChI=1S/C11H15NO.C6H11NO.BHNP/c1-11(2,3)12(13)9-10-7-5-4-6-8-10;1-6(2)4-3-5-7(6)8;1-3-2/h4-9H,1-3H3;5H,3-4H2,1-2H3;2H/b12-9-;;. The minimum atomic E-state index is -0.365. The van der Waals surface area contributed by atoms with Gasteiger partial charge in [-0.2, -0.15) is 0 Å². The molecule has 0 spiro atoms. The molecule has 0 atom stereocenters. The Morgan fingerprint density at radius 2 is 1.79 bits per heavy atom. The molecule has 0 aliphatic carbocycles. The molecule has 1 aromatic rings. The molecule has 1 aromatic carbocycles. The Morgan fingerprint density at radius 3 is 2.08 bits per heavy atom. The van der Waals surface area contributed by atoms with Crippen molar-refractivity contribution in [1.82, 2.24) is 0 Å². The number of rotatable bonds is 1. The highest BCUT2D eigenvalue weighted by molar-refractivity contribution is 7.56. The lowest BCUT2D eigenvalue weighted by Crippen LogP contribution is -2.29. The molecule has 2 rings (SSSR count). The average molecular weight is 347 g/mol. The highest BCUT2D eigenvalue weighted by Crippen LogP contribution is 2.19. The van der Waals surface area contributed by atoms with Crippen molar-refractivity contribution in [3.63, 3.8) is 0 Å². The van der Waals surface area contributed by atoms with Gasteiger partial charge in [-0.15, -0.1) is 0 Å². The molecule has 0 aromatic heterocycles. The average Bonchev–Trinajstić information content (AvgIpc) is 2.78. The van der Waals surface area contributed by atoms with E-state index >= 15 is 0 Å². The zero-order valence-electron chi connectivity index (χ0n) is 15.2. The first-order valence-corrected chi connectivity index (χ1v) is 8.74. The summed E-state index contributed by atoms with van der Waals surface area (Å²) in [6.45, 7) is 9.59. The van der Waals surface area contributed by atoms with Gasteiger partial charge >= 0.3 is 0 Å². The molecule has 1 N–H and O–H groups in total. The molecular formula is C17H27BN3O2P. The van der Waals surface area contributed by atoms with Crippen molar-refractivity contribution in [1.29, 1.82) is 5.16 Å². The topological polar surface area (TPSA) is 76.0 Å². The predicted molar refractivity (Wildman–Crippen MR) is 103 cm³/mol. The lowest BCUT2D eigenvalue weighted by Gasteiger charge is -2.18. The number of nitrogens with zero attached hydrogens (tertiary/aromatic N) is 2. The van der Waals surface area contributed by atoms with Gasteiger partial charge in [-0.25, -0.2) is 9.48 Å². The molecule has 0 saturated heterocycles. The third-order valence-electron chi connectivity index (χ3n) is 3.37. The summed E-state index contributed by atoms with van der Waals surface area (Å²) in [4.78, 5) is 0. The van der Waals surface area contributed by atoms with Crippen LogP contribution < -0.4 is 0 Å². The van der Waals surface area contributed by atoms with Crippen LogP contribution in [0.5, 0.6) is 0 Å². The molecule has 0 fully saturated rings. The van der Waals surface area contributed by atoms with Gasteiger partial charge in [0, 0.05) is 53.0 Å². The van der Waals surface area contributed by atoms with Gasteiger partial charge in [-0.1, -0.05) is 26.5 Å².